The number of rotatable bonds is 3. The topological polar surface area (TPSA) is 78.2 Å². The average Bonchev–Trinajstić information content (AvgIpc) is 3.19. The van der Waals surface area contributed by atoms with E-state index in [1.807, 2.05) is 24.5 Å². The third kappa shape index (κ3) is 2.91. The summed E-state index contributed by atoms with van der Waals surface area (Å²) in [7, 11) is 1.78. The number of nitrogens with zero attached hydrogens (tertiary/aromatic N) is 6. The standard InChI is InChI=1S/C19H20N6O2/c1-26-14-4-7-24(8-5-14)16-9-22-17(10-21-16)25-11-13-12-27-19-15(18(13)23-25)3-2-6-20-19/h2-3,6,9-11,14H,4-5,7-8,12H2,1H3. The van der Waals surface area contributed by atoms with Gasteiger partial charge in [0, 0.05) is 38.2 Å². The molecule has 0 N–H and O–H groups in total. The summed E-state index contributed by atoms with van der Waals surface area (Å²) in [5.74, 6) is 2.20. The summed E-state index contributed by atoms with van der Waals surface area (Å²) in [5, 5.41) is 4.69. The number of fused-ring (bicyclic) bond motifs is 3. The molecule has 2 aliphatic heterocycles. The van der Waals surface area contributed by atoms with Crippen LogP contribution in [0.2, 0.25) is 0 Å². The number of pyridine rings is 1. The fraction of sp³-hybridized carbons (Fsp3) is 0.368. The van der Waals surface area contributed by atoms with E-state index in [1.54, 1.807) is 24.2 Å². The van der Waals surface area contributed by atoms with E-state index in [2.05, 4.69) is 25.0 Å². The van der Waals surface area contributed by atoms with Crippen LogP contribution in [0.4, 0.5) is 5.82 Å². The fourth-order valence-electron chi connectivity index (χ4n) is 3.61. The van der Waals surface area contributed by atoms with E-state index < -0.39 is 0 Å². The van der Waals surface area contributed by atoms with Crippen LogP contribution in [0, 0.1) is 0 Å². The second-order valence-corrected chi connectivity index (χ2v) is 6.75. The lowest BCUT2D eigenvalue weighted by atomic mass is 10.1. The summed E-state index contributed by atoms with van der Waals surface area (Å²) in [6.07, 6.45) is 9.62. The monoisotopic (exact) mass is 364 g/mol. The van der Waals surface area contributed by atoms with Crippen LogP contribution in [0.15, 0.2) is 36.9 Å². The van der Waals surface area contributed by atoms with Crippen LogP contribution in [-0.2, 0) is 11.3 Å². The minimum Gasteiger partial charge on any atom is -0.472 e. The van der Waals surface area contributed by atoms with Gasteiger partial charge in [-0.1, -0.05) is 0 Å². The van der Waals surface area contributed by atoms with E-state index in [-0.39, 0.29) is 0 Å². The molecule has 0 saturated carbocycles. The number of piperidine rings is 1. The van der Waals surface area contributed by atoms with Gasteiger partial charge in [-0.25, -0.2) is 19.6 Å². The molecule has 3 aromatic rings. The maximum atomic E-state index is 5.70. The lowest BCUT2D eigenvalue weighted by Crippen LogP contribution is -2.37. The third-order valence-electron chi connectivity index (χ3n) is 5.14. The van der Waals surface area contributed by atoms with Gasteiger partial charge in [-0.05, 0) is 25.0 Å². The number of aromatic nitrogens is 5. The van der Waals surface area contributed by atoms with Gasteiger partial charge in [0.1, 0.15) is 18.1 Å². The van der Waals surface area contributed by atoms with Crippen molar-refractivity contribution in [2.45, 2.75) is 25.6 Å². The lowest BCUT2D eigenvalue weighted by molar-refractivity contribution is 0.0818. The fourth-order valence-corrected chi connectivity index (χ4v) is 3.61. The normalized spacial score (nSPS) is 16.6. The van der Waals surface area contributed by atoms with Crippen LogP contribution < -0.4 is 9.64 Å². The molecule has 0 aliphatic carbocycles. The Bertz CT molecular complexity index is 947. The molecule has 1 fully saturated rings. The molecule has 0 unspecified atom stereocenters. The highest BCUT2D eigenvalue weighted by Crippen LogP contribution is 2.34. The molecule has 0 spiro atoms. The van der Waals surface area contributed by atoms with Crippen LogP contribution in [0.25, 0.3) is 17.1 Å². The molecule has 0 atom stereocenters. The molecule has 0 amide bonds. The Balaban J connectivity index is 1.38. The number of methoxy groups -OCH3 is 1. The quantitative estimate of drug-likeness (QED) is 0.705. The van der Waals surface area contributed by atoms with Crippen molar-refractivity contribution in [3.8, 4) is 23.0 Å². The maximum Gasteiger partial charge on any atom is 0.223 e. The van der Waals surface area contributed by atoms with Gasteiger partial charge in [0.25, 0.3) is 0 Å². The van der Waals surface area contributed by atoms with Crippen molar-refractivity contribution in [1.82, 2.24) is 24.7 Å². The summed E-state index contributed by atoms with van der Waals surface area (Å²) in [6.45, 7) is 2.33. The van der Waals surface area contributed by atoms with Gasteiger partial charge in [-0.3, -0.25) is 0 Å². The highest BCUT2D eigenvalue weighted by atomic mass is 16.5. The van der Waals surface area contributed by atoms with E-state index in [4.69, 9.17) is 9.47 Å². The van der Waals surface area contributed by atoms with E-state index >= 15 is 0 Å². The lowest BCUT2D eigenvalue weighted by Gasteiger charge is -2.31. The van der Waals surface area contributed by atoms with Crippen LogP contribution >= 0.6 is 0 Å². The van der Waals surface area contributed by atoms with Crippen molar-refractivity contribution in [3.63, 3.8) is 0 Å². The molecule has 5 heterocycles. The number of hydrogen-bond donors (Lipinski definition) is 0. The van der Waals surface area contributed by atoms with E-state index in [9.17, 15) is 0 Å². The maximum absolute atomic E-state index is 5.70. The first-order valence-corrected chi connectivity index (χ1v) is 9.09. The Morgan fingerprint density at radius 1 is 1.11 bits per heavy atom. The predicted octanol–water partition coefficient (Wildman–Crippen LogP) is 2.23. The van der Waals surface area contributed by atoms with Crippen LogP contribution in [0.3, 0.4) is 0 Å². The molecule has 8 nitrogen and oxygen atoms in total. The zero-order valence-electron chi connectivity index (χ0n) is 15.1. The molecule has 0 radical (unpaired) electrons. The van der Waals surface area contributed by atoms with Gasteiger partial charge in [0.2, 0.25) is 5.88 Å². The number of hydrogen-bond acceptors (Lipinski definition) is 7. The smallest absolute Gasteiger partial charge is 0.223 e. The third-order valence-corrected chi connectivity index (χ3v) is 5.14. The van der Waals surface area contributed by atoms with Crippen molar-refractivity contribution < 1.29 is 9.47 Å². The van der Waals surface area contributed by atoms with Gasteiger partial charge in [0.15, 0.2) is 5.82 Å². The molecule has 27 heavy (non-hydrogen) atoms. The Labute approximate surface area is 156 Å². The summed E-state index contributed by atoms with van der Waals surface area (Å²) in [5.41, 5.74) is 2.81. The molecular formula is C19H20N6O2. The van der Waals surface area contributed by atoms with E-state index in [0.717, 1.165) is 48.6 Å². The molecule has 0 aromatic carbocycles. The zero-order chi connectivity index (χ0) is 18.2. The van der Waals surface area contributed by atoms with Gasteiger partial charge in [0.05, 0.1) is 24.1 Å². The van der Waals surface area contributed by atoms with Gasteiger partial charge >= 0.3 is 0 Å². The highest BCUT2D eigenvalue weighted by molar-refractivity contribution is 5.69. The molecule has 0 bridgehead atoms. The Hall–Kier alpha value is -3.00. The first-order chi connectivity index (χ1) is 13.3. The number of ether oxygens (including phenoxy) is 2. The zero-order valence-corrected chi connectivity index (χ0v) is 15.1. The highest BCUT2D eigenvalue weighted by Gasteiger charge is 2.23. The Morgan fingerprint density at radius 2 is 1.93 bits per heavy atom. The van der Waals surface area contributed by atoms with Gasteiger partial charge < -0.3 is 14.4 Å². The van der Waals surface area contributed by atoms with Gasteiger partial charge in [-0.15, -0.1) is 0 Å². The van der Waals surface area contributed by atoms with Crippen molar-refractivity contribution in [1.29, 1.82) is 0 Å². The second-order valence-electron chi connectivity index (χ2n) is 6.75. The molecule has 1 saturated heterocycles. The minimum atomic E-state index is 0.350. The van der Waals surface area contributed by atoms with E-state index in [0.29, 0.717) is 24.4 Å². The average molecular weight is 364 g/mol. The van der Waals surface area contributed by atoms with Gasteiger partial charge in [-0.2, -0.15) is 5.10 Å². The summed E-state index contributed by atoms with van der Waals surface area (Å²) in [6, 6.07) is 3.85. The summed E-state index contributed by atoms with van der Waals surface area (Å²) >= 11 is 0. The second kappa shape index (κ2) is 6.62. The van der Waals surface area contributed by atoms with Crippen LogP contribution in [0.1, 0.15) is 18.4 Å². The molecule has 5 rings (SSSR count). The summed E-state index contributed by atoms with van der Waals surface area (Å²) in [4.78, 5) is 15.7. The first-order valence-electron chi connectivity index (χ1n) is 9.09. The number of anilines is 1. The molecule has 8 heteroatoms. The molecule has 2 aliphatic rings. The van der Waals surface area contributed by atoms with Crippen molar-refractivity contribution in [2.24, 2.45) is 0 Å². The predicted molar refractivity (Wildman–Crippen MR) is 99.0 cm³/mol. The first kappa shape index (κ1) is 16.2. The van der Waals surface area contributed by atoms with E-state index in [1.165, 1.54) is 0 Å². The minimum absolute atomic E-state index is 0.350. The SMILES string of the molecule is COC1CCN(c2cnc(-n3cc4c(n3)-c3cccnc3OC4)cn2)CC1. The Kier molecular flexibility index (Phi) is 3.97. The summed E-state index contributed by atoms with van der Waals surface area (Å²) < 4.78 is 12.9. The van der Waals surface area contributed by atoms with Crippen molar-refractivity contribution in [3.05, 3.63) is 42.5 Å². The molecule has 138 valence electrons. The molecular weight excluding hydrogens is 344 g/mol. The van der Waals surface area contributed by atoms with Crippen molar-refractivity contribution >= 4 is 5.82 Å². The molecule has 3 aromatic heterocycles. The van der Waals surface area contributed by atoms with Crippen LogP contribution in [0.5, 0.6) is 5.88 Å². The Morgan fingerprint density at radius 3 is 2.70 bits per heavy atom. The van der Waals surface area contributed by atoms with Crippen LogP contribution in [-0.4, -0.2) is 51.0 Å². The van der Waals surface area contributed by atoms with Crippen molar-refractivity contribution in [2.75, 3.05) is 25.1 Å². The largest absolute Gasteiger partial charge is 0.472 e.